The molecule has 2 atom stereocenters. The van der Waals surface area contributed by atoms with Crippen molar-refractivity contribution in [2.24, 2.45) is 5.92 Å². The molecule has 2 nitrogen and oxygen atoms in total. The van der Waals surface area contributed by atoms with Gasteiger partial charge in [-0.2, -0.15) is 0 Å². The van der Waals surface area contributed by atoms with Gasteiger partial charge >= 0.3 is 0 Å². The Morgan fingerprint density at radius 3 is 2.83 bits per heavy atom. The van der Waals surface area contributed by atoms with E-state index in [4.69, 9.17) is 0 Å². The van der Waals surface area contributed by atoms with Crippen LogP contribution in [0, 0.1) is 5.92 Å². The van der Waals surface area contributed by atoms with Crippen molar-refractivity contribution in [3.05, 3.63) is 0 Å². The van der Waals surface area contributed by atoms with Gasteiger partial charge in [0.15, 0.2) is 0 Å². The summed E-state index contributed by atoms with van der Waals surface area (Å²) in [5.74, 6) is 0.946. The smallest absolute Gasteiger partial charge is 0.0235 e. The van der Waals surface area contributed by atoms with E-state index in [2.05, 4.69) is 24.1 Å². The molecule has 0 radical (unpaired) electrons. The molecule has 2 fully saturated rings. The van der Waals surface area contributed by atoms with Crippen molar-refractivity contribution < 1.29 is 0 Å². The molecule has 0 aliphatic carbocycles. The second kappa shape index (κ2) is 3.35. The number of piperidine rings is 1. The SMILES string of the molecule is CC(C)N1CC2NCCC[C@@H]2C1. The van der Waals surface area contributed by atoms with Gasteiger partial charge in [0, 0.05) is 25.2 Å². The lowest BCUT2D eigenvalue weighted by molar-refractivity contribution is 0.263. The third kappa shape index (κ3) is 1.50. The highest BCUT2D eigenvalue weighted by atomic mass is 15.2. The molecule has 12 heavy (non-hydrogen) atoms. The van der Waals surface area contributed by atoms with Crippen molar-refractivity contribution in [3.8, 4) is 0 Å². The van der Waals surface area contributed by atoms with Crippen molar-refractivity contribution in [2.45, 2.75) is 38.8 Å². The van der Waals surface area contributed by atoms with Crippen LogP contribution < -0.4 is 5.32 Å². The molecule has 0 amide bonds. The number of nitrogens with zero attached hydrogens (tertiary/aromatic N) is 1. The minimum Gasteiger partial charge on any atom is -0.312 e. The Morgan fingerprint density at radius 2 is 2.17 bits per heavy atom. The Kier molecular flexibility index (Phi) is 2.37. The molecule has 0 aromatic rings. The topological polar surface area (TPSA) is 15.3 Å². The highest BCUT2D eigenvalue weighted by molar-refractivity contribution is 4.92. The van der Waals surface area contributed by atoms with E-state index in [0.717, 1.165) is 18.0 Å². The summed E-state index contributed by atoms with van der Waals surface area (Å²) in [6, 6.07) is 1.54. The van der Waals surface area contributed by atoms with Gasteiger partial charge in [-0.3, -0.25) is 4.90 Å². The number of fused-ring (bicyclic) bond motifs is 1. The molecule has 2 aliphatic heterocycles. The fourth-order valence-corrected chi connectivity index (χ4v) is 2.50. The van der Waals surface area contributed by atoms with Crippen LogP contribution in [0.15, 0.2) is 0 Å². The molecule has 2 heteroatoms. The second-order valence-corrected chi connectivity index (χ2v) is 4.51. The predicted molar refractivity (Wildman–Crippen MR) is 51.2 cm³/mol. The van der Waals surface area contributed by atoms with E-state index < -0.39 is 0 Å². The fraction of sp³-hybridized carbons (Fsp3) is 1.00. The number of likely N-dealkylation sites (tertiary alicyclic amines) is 1. The average Bonchev–Trinajstić information content (AvgIpc) is 2.46. The number of rotatable bonds is 1. The van der Waals surface area contributed by atoms with E-state index in [1.165, 1.54) is 32.5 Å². The van der Waals surface area contributed by atoms with Gasteiger partial charge in [-0.25, -0.2) is 0 Å². The minimum absolute atomic E-state index is 0.734. The highest BCUT2D eigenvalue weighted by Crippen LogP contribution is 2.25. The molecular formula is C10H20N2. The summed E-state index contributed by atoms with van der Waals surface area (Å²) in [7, 11) is 0. The van der Waals surface area contributed by atoms with Crippen LogP contribution in [0.2, 0.25) is 0 Å². The summed E-state index contributed by atoms with van der Waals surface area (Å²) in [6.07, 6.45) is 2.83. The molecule has 0 spiro atoms. The summed E-state index contributed by atoms with van der Waals surface area (Å²) >= 11 is 0. The van der Waals surface area contributed by atoms with Gasteiger partial charge in [0.2, 0.25) is 0 Å². The Balaban J connectivity index is 1.94. The Bertz CT molecular complexity index is 142. The van der Waals surface area contributed by atoms with Gasteiger partial charge in [-0.1, -0.05) is 0 Å². The van der Waals surface area contributed by atoms with Crippen molar-refractivity contribution in [1.29, 1.82) is 0 Å². The van der Waals surface area contributed by atoms with E-state index in [9.17, 15) is 0 Å². The quantitative estimate of drug-likeness (QED) is 0.630. The first kappa shape index (κ1) is 8.52. The largest absolute Gasteiger partial charge is 0.312 e. The van der Waals surface area contributed by atoms with Crippen molar-refractivity contribution in [1.82, 2.24) is 10.2 Å². The highest BCUT2D eigenvalue weighted by Gasteiger charge is 2.34. The zero-order chi connectivity index (χ0) is 8.55. The van der Waals surface area contributed by atoms with E-state index in [1.54, 1.807) is 0 Å². The van der Waals surface area contributed by atoms with Crippen LogP contribution in [0.5, 0.6) is 0 Å². The molecule has 2 rings (SSSR count). The van der Waals surface area contributed by atoms with E-state index >= 15 is 0 Å². The second-order valence-electron chi connectivity index (χ2n) is 4.51. The van der Waals surface area contributed by atoms with E-state index in [1.807, 2.05) is 0 Å². The third-order valence-electron chi connectivity index (χ3n) is 3.36. The number of hydrogen-bond donors (Lipinski definition) is 1. The minimum atomic E-state index is 0.734. The van der Waals surface area contributed by atoms with Crippen LogP contribution >= 0.6 is 0 Å². The maximum Gasteiger partial charge on any atom is 0.0235 e. The maximum absolute atomic E-state index is 3.62. The average molecular weight is 168 g/mol. The number of hydrogen-bond acceptors (Lipinski definition) is 2. The normalized spacial score (nSPS) is 37.2. The van der Waals surface area contributed by atoms with Gasteiger partial charge in [0.25, 0.3) is 0 Å². The predicted octanol–water partition coefficient (Wildman–Crippen LogP) is 1.08. The lowest BCUT2D eigenvalue weighted by Crippen LogP contribution is -2.41. The Morgan fingerprint density at radius 1 is 1.33 bits per heavy atom. The Labute approximate surface area is 75.3 Å². The monoisotopic (exact) mass is 168 g/mol. The summed E-state index contributed by atoms with van der Waals surface area (Å²) in [4.78, 5) is 2.60. The van der Waals surface area contributed by atoms with Crippen LogP contribution in [0.3, 0.4) is 0 Å². The molecule has 0 aromatic carbocycles. The van der Waals surface area contributed by atoms with Crippen LogP contribution in [-0.4, -0.2) is 36.6 Å². The molecule has 2 heterocycles. The van der Waals surface area contributed by atoms with Crippen LogP contribution in [-0.2, 0) is 0 Å². The lowest BCUT2D eigenvalue weighted by Gasteiger charge is -2.24. The van der Waals surface area contributed by atoms with Crippen LogP contribution in [0.25, 0.3) is 0 Å². The summed E-state index contributed by atoms with van der Waals surface area (Å²) < 4.78 is 0. The van der Waals surface area contributed by atoms with E-state index in [-0.39, 0.29) is 0 Å². The van der Waals surface area contributed by atoms with Crippen LogP contribution in [0.1, 0.15) is 26.7 Å². The van der Waals surface area contributed by atoms with Crippen molar-refractivity contribution in [2.75, 3.05) is 19.6 Å². The van der Waals surface area contributed by atoms with Crippen LogP contribution in [0.4, 0.5) is 0 Å². The first-order valence-corrected chi connectivity index (χ1v) is 5.25. The molecule has 70 valence electrons. The van der Waals surface area contributed by atoms with Gasteiger partial charge in [-0.05, 0) is 39.2 Å². The molecule has 0 saturated carbocycles. The molecule has 2 aliphatic rings. The van der Waals surface area contributed by atoms with Gasteiger partial charge in [0.1, 0.15) is 0 Å². The van der Waals surface area contributed by atoms with Gasteiger partial charge < -0.3 is 5.32 Å². The first-order valence-electron chi connectivity index (χ1n) is 5.25. The molecule has 0 aromatic heterocycles. The first-order chi connectivity index (χ1) is 5.77. The summed E-state index contributed by atoms with van der Waals surface area (Å²) in [5.41, 5.74) is 0. The summed E-state index contributed by atoms with van der Waals surface area (Å²) in [6.45, 7) is 8.46. The third-order valence-corrected chi connectivity index (χ3v) is 3.36. The standard InChI is InChI=1S/C10H20N2/c1-8(2)12-6-9-4-3-5-11-10(9)7-12/h8-11H,3-7H2,1-2H3/t9-,10?/m1/s1. The van der Waals surface area contributed by atoms with E-state index in [0.29, 0.717) is 0 Å². The number of nitrogens with one attached hydrogen (secondary N) is 1. The summed E-state index contributed by atoms with van der Waals surface area (Å²) in [5, 5.41) is 3.62. The van der Waals surface area contributed by atoms with Crippen molar-refractivity contribution >= 4 is 0 Å². The fourth-order valence-electron chi connectivity index (χ4n) is 2.50. The van der Waals surface area contributed by atoms with Gasteiger partial charge in [0.05, 0.1) is 0 Å². The zero-order valence-corrected chi connectivity index (χ0v) is 8.21. The van der Waals surface area contributed by atoms with Crippen molar-refractivity contribution in [3.63, 3.8) is 0 Å². The maximum atomic E-state index is 3.62. The molecule has 1 unspecified atom stereocenters. The Hall–Kier alpha value is -0.0800. The van der Waals surface area contributed by atoms with Gasteiger partial charge in [-0.15, -0.1) is 0 Å². The molecule has 2 saturated heterocycles. The zero-order valence-electron chi connectivity index (χ0n) is 8.21. The molecule has 1 N–H and O–H groups in total. The molecule has 0 bridgehead atoms. The molecular weight excluding hydrogens is 148 g/mol. The lowest BCUT2D eigenvalue weighted by atomic mass is 9.94.